The van der Waals surface area contributed by atoms with Gasteiger partial charge in [0, 0.05) is 0 Å². The fourth-order valence-corrected chi connectivity index (χ4v) is 16.6. The first-order valence-corrected chi connectivity index (χ1v) is 20.0. The van der Waals surface area contributed by atoms with Crippen molar-refractivity contribution in [3.63, 3.8) is 0 Å². The van der Waals surface area contributed by atoms with Crippen molar-refractivity contribution in [1.29, 1.82) is 0 Å². The average Bonchev–Trinajstić information content (AvgIpc) is 1.98. The zero-order valence-corrected chi connectivity index (χ0v) is 17.5. The summed E-state index contributed by atoms with van der Waals surface area (Å²) in [6.07, 6.45) is 0. The minimum absolute atomic E-state index is 1.15. The van der Waals surface area contributed by atoms with Gasteiger partial charge in [0.05, 0.1) is 0 Å². The van der Waals surface area contributed by atoms with E-state index in [9.17, 15) is 0 Å². The van der Waals surface area contributed by atoms with E-state index >= 15 is 0 Å². The van der Waals surface area contributed by atoms with Crippen molar-refractivity contribution in [2.45, 2.75) is 38.3 Å². The molecule has 0 aromatic rings. The molecule has 7 heteroatoms. The van der Waals surface area contributed by atoms with Crippen molar-refractivity contribution in [2.75, 3.05) is 0 Å². The van der Waals surface area contributed by atoms with Crippen LogP contribution in [0.15, 0.2) is 12.3 Å². The molecule has 0 unspecified atom stereocenters. The Morgan fingerprint density at radius 1 is 1.07 bits per heavy atom. The van der Waals surface area contributed by atoms with Gasteiger partial charge in [0.25, 0.3) is 3.93 Å². The molecule has 0 N–H and O–H groups in total. The molecule has 0 fully saturated rings. The third-order valence-corrected chi connectivity index (χ3v) is 13.7. The third kappa shape index (κ3) is 9.49. The Kier molecular flexibility index (Phi) is 6.83. The van der Waals surface area contributed by atoms with Crippen LogP contribution in [-0.2, 0) is 4.12 Å². The highest BCUT2D eigenvalue weighted by Crippen LogP contribution is 2.36. The zero-order chi connectivity index (χ0) is 12.3. The van der Waals surface area contributed by atoms with Crippen LogP contribution in [0.1, 0.15) is 0 Å². The van der Waals surface area contributed by atoms with Gasteiger partial charge in [0.1, 0.15) is 0 Å². The lowest BCUT2D eigenvalue weighted by atomic mass is 10.9. The summed E-state index contributed by atoms with van der Waals surface area (Å²) in [4.78, 5) is 0. The van der Waals surface area contributed by atoms with Gasteiger partial charge in [0.2, 0.25) is 0 Å². The molecule has 0 aromatic heterocycles. The van der Waals surface area contributed by atoms with E-state index < -0.39 is 20.6 Å². The van der Waals surface area contributed by atoms with Crippen LogP contribution < -0.4 is 0 Å². The van der Waals surface area contributed by atoms with Gasteiger partial charge in [-0.1, -0.05) is 51.6 Å². The van der Waals surface area contributed by atoms with E-state index in [1.54, 1.807) is 0 Å². The number of rotatable bonds is 6. The van der Waals surface area contributed by atoms with E-state index in [1.807, 2.05) is 5.70 Å². The molecule has 0 radical (unpaired) electrons. The topological polar surface area (TPSA) is 9.23 Å². The minimum Gasteiger partial charge on any atom is -0.453 e. The molecule has 0 bridgehead atoms. The SMILES string of the molecule is C=C[Si](C)(C)O[Si](C)(C)CC[Si](Br)(Br)Br. The summed E-state index contributed by atoms with van der Waals surface area (Å²) in [5.74, 6) is 0. The van der Waals surface area contributed by atoms with Gasteiger partial charge >= 0.3 is 0 Å². The van der Waals surface area contributed by atoms with Crippen LogP contribution in [0.2, 0.25) is 38.3 Å². The molecule has 0 heterocycles. The van der Waals surface area contributed by atoms with Crippen molar-refractivity contribution in [3.05, 3.63) is 12.3 Å². The van der Waals surface area contributed by atoms with Crippen LogP contribution in [0.25, 0.3) is 0 Å². The molecule has 90 valence electrons. The van der Waals surface area contributed by atoms with Crippen LogP contribution in [0.3, 0.4) is 0 Å². The average molecular weight is 455 g/mol. The fraction of sp³-hybridized carbons (Fsp3) is 0.750. The number of hydrogen-bond acceptors (Lipinski definition) is 1. The van der Waals surface area contributed by atoms with Crippen molar-refractivity contribution in [1.82, 2.24) is 0 Å². The maximum Gasteiger partial charge on any atom is 0.267 e. The predicted molar refractivity (Wildman–Crippen MR) is 88.4 cm³/mol. The van der Waals surface area contributed by atoms with Crippen LogP contribution in [-0.4, -0.2) is 20.6 Å². The molecule has 0 saturated heterocycles. The summed E-state index contributed by atoms with van der Waals surface area (Å²) in [5, 5.41) is 0. The van der Waals surface area contributed by atoms with Gasteiger partial charge in [-0.05, 0) is 38.3 Å². The lowest BCUT2D eigenvalue weighted by molar-refractivity contribution is 0.556. The maximum atomic E-state index is 6.29. The van der Waals surface area contributed by atoms with Gasteiger partial charge in [-0.2, -0.15) is 0 Å². The van der Waals surface area contributed by atoms with Crippen molar-refractivity contribution in [2.24, 2.45) is 0 Å². The first-order valence-electron chi connectivity index (χ1n) is 4.88. The third-order valence-electron chi connectivity index (χ3n) is 2.04. The van der Waals surface area contributed by atoms with E-state index in [4.69, 9.17) is 4.12 Å². The van der Waals surface area contributed by atoms with Gasteiger partial charge in [-0.15, -0.1) is 6.58 Å². The largest absolute Gasteiger partial charge is 0.453 e. The van der Waals surface area contributed by atoms with Crippen LogP contribution in [0.5, 0.6) is 0 Å². The molecule has 0 amide bonds. The Hall–Kier alpha value is 1.79. The second kappa shape index (κ2) is 6.10. The fourth-order valence-electron chi connectivity index (χ4n) is 1.25. The van der Waals surface area contributed by atoms with Crippen LogP contribution in [0, 0.1) is 0 Å². The monoisotopic (exact) mass is 452 g/mol. The molecule has 0 aromatic carbocycles. The molecular weight excluding hydrogens is 436 g/mol. The summed E-state index contributed by atoms with van der Waals surface area (Å²) in [6, 6.07) is 2.32. The molecule has 0 aliphatic heterocycles. The Morgan fingerprint density at radius 3 is 1.87 bits per heavy atom. The van der Waals surface area contributed by atoms with Gasteiger partial charge in [-0.3, -0.25) is 0 Å². The summed E-state index contributed by atoms with van der Waals surface area (Å²) >= 11 is 11.0. The second-order valence-corrected chi connectivity index (χ2v) is 36.7. The highest BCUT2D eigenvalue weighted by Gasteiger charge is 2.34. The molecule has 0 atom stereocenters. The van der Waals surface area contributed by atoms with Crippen molar-refractivity contribution < 1.29 is 4.12 Å². The summed E-state index contributed by atoms with van der Waals surface area (Å²) in [5.41, 5.74) is 2.02. The molecular formula is C8H19Br3OSi3. The molecule has 15 heavy (non-hydrogen) atoms. The minimum atomic E-state index is -1.61. The van der Waals surface area contributed by atoms with Crippen molar-refractivity contribution >= 4 is 66.4 Å². The van der Waals surface area contributed by atoms with Gasteiger partial charge in [-0.25, -0.2) is 0 Å². The molecule has 0 aliphatic carbocycles. The number of hydrogen-bond donors (Lipinski definition) is 0. The highest BCUT2D eigenvalue weighted by molar-refractivity contribution is 9.72. The number of halogens is 3. The van der Waals surface area contributed by atoms with Crippen molar-refractivity contribution in [3.8, 4) is 0 Å². The van der Waals surface area contributed by atoms with E-state index in [1.165, 1.54) is 6.04 Å². The highest BCUT2D eigenvalue weighted by atomic mass is 80.0. The summed E-state index contributed by atoms with van der Waals surface area (Å²) in [6.45, 7) is 12.9. The van der Waals surface area contributed by atoms with Crippen LogP contribution in [0.4, 0.5) is 0 Å². The first kappa shape index (κ1) is 16.8. The molecule has 0 rings (SSSR count). The Balaban J connectivity index is 4.25. The van der Waals surface area contributed by atoms with E-state index in [-0.39, 0.29) is 0 Å². The Labute approximate surface area is 120 Å². The summed E-state index contributed by atoms with van der Waals surface area (Å²) < 4.78 is 4.82. The second-order valence-electron chi connectivity index (χ2n) is 4.78. The molecule has 0 aliphatic rings. The Morgan fingerprint density at radius 2 is 1.53 bits per heavy atom. The normalized spacial score (nSPS) is 14.1. The van der Waals surface area contributed by atoms with Gasteiger partial charge < -0.3 is 4.12 Å². The van der Waals surface area contributed by atoms with Crippen LogP contribution >= 0.6 is 45.9 Å². The molecule has 0 saturated carbocycles. The molecule has 1 nitrogen and oxygen atoms in total. The quantitative estimate of drug-likeness (QED) is 0.392. The predicted octanol–water partition coefficient (Wildman–Crippen LogP) is 5.26. The van der Waals surface area contributed by atoms with E-state index in [0.717, 1.165) is 6.04 Å². The lowest BCUT2D eigenvalue weighted by Crippen LogP contribution is -2.43. The first-order chi connectivity index (χ1) is 6.47. The Bertz CT molecular complexity index is 226. The standard InChI is InChI=1S/C8H19Br3OSi3/c1-6-13(2,3)12-14(4,5)7-8-15(9,10)11/h6H,1,7-8H2,2-5H3. The smallest absolute Gasteiger partial charge is 0.267 e. The van der Waals surface area contributed by atoms with E-state index in [2.05, 4.69) is 78.6 Å². The summed E-state index contributed by atoms with van der Waals surface area (Å²) in [7, 11) is -3.15. The molecule has 0 spiro atoms. The maximum absolute atomic E-state index is 6.29. The zero-order valence-electron chi connectivity index (χ0n) is 9.74. The van der Waals surface area contributed by atoms with Gasteiger partial charge in [0.15, 0.2) is 16.6 Å². The lowest BCUT2D eigenvalue weighted by Gasteiger charge is -2.32. The van der Waals surface area contributed by atoms with E-state index in [0.29, 0.717) is 0 Å².